The van der Waals surface area contributed by atoms with Crippen molar-refractivity contribution in [2.45, 2.75) is 44.4 Å². The van der Waals surface area contributed by atoms with E-state index in [1.807, 2.05) is 0 Å². The van der Waals surface area contributed by atoms with Crippen LogP contribution >= 0.6 is 0 Å². The second kappa shape index (κ2) is 12.7. The first-order valence-corrected chi connectivity index (χ1v) is 14.5. The topological polar surface area (TPSA) is 124 Å². The number of fused-ring (bicyclic) bond motifs is 1. The van der Waals surface area contributed by atoms with Crippen molar-refractivity contribution in [2.75, 3.05) is 25.2 Å². The molecule has 1 N–H and O–H groups in total. The number of imide groups is 1. The lowest BCUT2D eigenvalue weighted by molar-refractivity contribution is -0.136. The van der Waals surface area contributed by atoms with Gasteiger partial charge in [-0.2, -0.15) is 0 Å². The predicted octanol–water partition coefficient (Wildman–Crippen LogP) is 5.12. The number of anilines is 2. The lowest BCUT2D eigenvalue weighted by atomic mass is 10.0. The molecular formula is C32H28F3N3O8. The smallest absolute Gasteiger partial charge is 0.418 e. The van der Waals surface area contributed by atoms with Crippen molar-refractivity contribution in [1.29, 1.82) is 0 Å². The average molecular weight is 640 g/mol. The fourth-order valence-electron chi connectivity index (χ4n) is 5.69. The molecule has 0 bridgehead atoms. The van der Waals surface area contributed by atoms with Gasteiger partial charge in [-0.1, -0.05) is 6.07 Å². The zero-order chi connectivity index (χ0) is 32.5. The van der Waals surface area contributed by atoms with Crippen LogP contribution in [0.5, 0.6) is 17.2 Å². The number of ether oxygens (including phenoxy) is 4. The third kappa shape index (κ3) is 5.95. The Kier molecular flexibility index (Phi) is 8.54. The maximum Gasteiger partial charge on any atom is 0.418 e. The van der Waals surface area contributed by atoms with Crippen molar-refractivity contribution in [2.24, 2.45) is 0 Å². The summed E-state index contributed by atoms with van der Waals surface area (Å²) in [5.74, 6) is -4.88. The number of benzene rings is 3. The Labute approximate surface area is 260 Å². The number of carbonyl (C=O) groups excluding carboxylic acids is 4. The summed E-state index contributed by atoms with van der Waals surface area (Å²) in [5, 5.41) is 2.27. The number of hydrogen-bond donors (Lipinski definition) is 1. The molecule has 3 heterocycles. The van der Waals surface area contributed by atoms with Gasteiger partial charge in [-0.3, -0.25) is 19.7 Å². The number of rotatable bonds is 7. The van der Waals surface area contributed by atoms with Crippen LogP contribution in [-0.4, -0.2) is 61.2 Å². The highest BCUT2D eigenvalue weighted by Crippen LogP contribution is 2.45. The van der Waals surface area contributed by atoms with Gasteiger partial charge in [0.2, 0.25) is 11.8 Å². The summed E-state index contributed by atoms with van der Waals surface area (Å²) in [5.41, 5.74) is 0.333. The Bertz CT molecular complexity index is 1730. The second-order valence-electron chi connectivity index (χ2n) is 10.9. The first-order valence-electron chi connectivity index (χ1n) is 14.5. The SMILES string of the molecule is COC(=O)N(c1ccc(Oc2ccc(F)c(F)c2)cc1F)c1ccc2c(c1OC1CCOCC1)C(=O)N(C1CCC(=O)NC1=O)C2. The van der Waals surface area contributed by atoms with Gasteiger partial charge in [-0.05, 0) is 42.3 Å². The molecule has 0 saturated carbocycles. The van der Waals surface area contributed by atoms with E-state index in [0.29, 0.717) is 31.6 Å². The number of methoxy groups -OCH3 is 1. The molecule has 46 heavy (non-hydrogen) atoms. The number of carbonyl (C=O) groups is 4. The Balaban J connectivity index is 1.40. The van der Waals surface area contributed by atoms with E-state index in [0.717, 1.165) is 30.2 Å². The third-order valence-corrected chi connectivity index (χ3v) is 7.96. The molecular weight excluding hydrogens is 611 g/mol. The molecule has 2 fully saturated rings. The van der Waals surface area contributed by atoms with Gasteiger partial charge in [0.15, 0.2) is 23.2 Å². The average Bonchev–Trinajstić information content (AvgIpc) is 3.37. The van der Waals surface area contributed by atoms with Gasteiger partial charge in [0.1, 0.15) is 23.6 Å². The largest absolute Gasteiger partial charge is 0.487 e. The van der Waals surface area contributed by atoms with Crippen LogP contribution in [0.25, 0.3) is 0 Å². The molecule has 2 saturated heterocycles. The van der Waals surface area contributed by atoms with Crippen molar-refractivity contribution in [3.63, 3.8) is 0 Å². The van der Waals surface area contributed by atoms with E-state index in [-0.39, 0.29) is 53.6 Å². The van der Waals surface area contributed by atoms with Crippen LogP contribution < -0.4 is 19.7 Å². The molecule has 0 aliphatic carbocycles. The van der Waals surface area contributed by atoms with Crippen LogP contribution in [0.3, 0.4) is 0 Å². The summed E-state index contributed by atoms with van der Waals surface area (Å²) >= 11 is 0. The lowest BCUT2D eigenvalue weighted by Gasteiger charge is -2.30. The number of amides is 4. The Hall–Kier alpha value is -5.11. The van der Waals surface area contributed by atoms with E-state index in [1.54, 1.807) is 6.07 Å². The molecule has 0 spiro atoms. The van der Waals surface area contributed by atoms with E-state index in [9.17, 15) is 28.0 Å². The minimum absolute atomic E-state index is 0.00346. The van der Waals surface area contributed by atoms with Gasteiger partial charge >= 0.3 is 6.09 Å². The maximum atomic E-state index is 15.8. The lowest BCUT2D eigenvalue weighted by Crippen LogP contribution is -2.52. The monoisotopic (exact) mass is 639 g/mol. The quantitative estimate of drug-likeness (QED) is 0.354. The highest BCUT2D eigenvalue weighted by Gasteiger charge is 2.42. The highest BCUT2D eigenvalue weighted by atomic mass is 19.2. The molecule has 6 rings (SSSR count). The molecule has 1 unspecified atom stereocenters. The molecule has 0 aromatic heterocycles. The first kappa shape index (κ1) is 30.9. The predicted molar refractivity (Wildman–Crippen MR) is 154 cm³/mol. The Morgan fingerprint density at radius 1 is 0.913 bits per heavy atom. The molecule has 1 atom stereocenters. The number of piperidine rings is 1. The number of halogens is 3. The minimum Gasteiger partial charge on any atom is -0.487 e. The summed E-state index contributed by atoms with van der Waals surface area (Å²) in [6, 6.07) is 8.53. The second-order valence-corrected chi connectivity index (χ2v) is 10.9. The van der Waals surface area contributed by atoms with Gasteiger partial charge in [0.05, 0.1) is 37.3 Å². The van der Waals surface area contributed by atoms with E-state index in [1.165, 1.54) is 29.2 Å². The Morgan fingerprint density at radius 2 is 1.61 bits per heavy atom. The fraction of sp³-hybridized carbons (Fsp3) is 0.312. The van der Waals surface area contributed by atoms with Crippen LogP contribution in [0.15, 0.2) is 48.5 Å². The van der Waals surface area contributed by atoms with Crippen molar-refractivity contribution in [1.82, 2.24) is 10.2 Å². The minimum atomic E-state index is -1.15. The molecule has 3 aromatic carbocycles. The molecule has 4 amide bonds. The number of nitrogens with zero attached hydrogens (tertiary/aromatic N) is 2. The first-order chi connectivity index (χ1) is 22.1. The summed E-state index contributed by atoms with van der Waals surface area (Å²) in [6.45, 7) is 0.855. The van der Waals surface area contributed by atoms with Crippen molar-refractivity contribution < 1.29 is 51.3 Å². The Morgan fingerprint density at radius 3 is 2.28 bits per heavy atom. The molecule has 240 valence electrons. The summed E-state index contributed by atoms with van der Waals surface area (Å²) in [6.07, 6.45) is -0.234. The summed E-state index contributed by atoms with van der Waals surface area (Å²) in [4.78, 5) is 53.9. The van der Waals surface area contributed by atoms with Crippen LogP contribution in [0.2, 0.25) is 0 Å². The molecule has 3 aromatic rings. The van der Waals surface area contributed by atoms with Crippen LogP contribution in [-0.2, 0) is 25.6 Å². The zero-order valence-electron chi connectivity index (χ0n) is 24.5. The molecule has 3 aliphatic rings. The van der Waals surface area contributed by atoms with Gasteiger partial charge in [0, 0.05) is 37.9 Å². The van der Waals surface area contributed by atoms with E-state index < -0.39 is 53.4 Å². The molecule has 0 radical (unpaired) electrons. The maximum absolute atomic E-state index is 15.8. The number of hydrogen-bond acceptors (Lipinski definition) is 8. The van der Waals surface area contributed by atoms with Crippen LogP contribution in [0, 0.1) is 17.5 Å². The van der Waals surface area contributed by atoms with Crippen molar-refractivity contribution >= 4 is 35.2 Å². The molecule has 3 aliphatic heterocycles. The fourth-order valence-corrected chi connectivity index (χ4v) is 5.69. The highest BCUT2D eigenvalue weighted by molar-refractivity contribution is 6.09. The molecule has 11 nitrogen and oxygen atoms in total. The normalized spacial score (nSPS) is 18.2. The van der Waals surface area contributed by atoms with Crippen molar-refractivity contribution in [3.05, 3.63) is 77.1 Å². The van der Waals surface area contributed by atoms with E-state index >= 15 is 4.39 Å². The van der Waals surface area contributed by atoms with Gasteiger partial charge in [-0.15, -0.1) is 0 Å². The summed E-state index contributed by atoms with van der Waals surface area (Å²) < 4.78 is 65.1. The van der Waals surface area contributed by atoms with Gasteiger partial charge in [-0.25, -0.2) is 22.9 Å². The van der Waals surface area contributed by atoms with Gasteiger partial charge in [0.25, 0.3) is 5.91 Å². The van der Waals surface area contributed by atoms with Crippen LogP contribution in [0.1, 0.15) is 41.6 Å². The summed E-state index contributed by atoms with van der Waals surface area (Å²) in [7, 11) is 1.11. The van der Waals surface area contributed by atoms with Gasteiger partial charge < -0.3 is 23.8 Å². The molecule has 14 heteroatoms. The van der Waals surface area contributed by atoms with E-state index in [4.69, 9.17) is 18.9 Å². The van der Waals surface area contributed by atoms with Crippen LogP contribution in [0.4, 0.5) is 29.3 Å². The standard InChI is InChI=1S/C32H28F3N3O8/c1-43-32(42)38(24-7-4-20(15-23(24)35)45-19-3-5-21(33)22(34)14-19)25-6-2-17-16-37(26-8-9-27(39)36-30(26)40)31(41)28(17)29(25)46-18-10-12-44-13-11-18/h2-7,14-15,18,26H,8-13,16H2,1H3,(H,36,39,40). The number of nitrogens with one attached hydrogen (secondary N) is 1. The zero-order valence-corrected chi connectivity index (χ0v) is 24.5. The van der Waals surface area contributed by atoms with E-state index in [2.05, 4.69) is 5.32 Å². The third-order valence-electron chi connectivity index (χ3n) is 7.96. The van der Waals surface area contributed by atoms with Crippen molar-refractivity contribution in [3.8, 4) is 17.2 Å².